The monoisotopic (exact) mass is 215 g/mol. The summed E-state index contributed by atoms with van der Waals surface area (Å²) in [7, 11) is 1.96. The Morgan fingerprint density at radius 2 is 2.25 bits per heavy atom. The fourth-order valence-corrected chi connectivity index (χ4v) is 1.84. The van der Waals surface area contributed by atoms with Crippen molar-refractivity contribution >= 4 is 0 Å². The molecule has 0 spiro atoms. The molecule has 1 aromatic carbocycles. The molecule has 0 aliphatic carbocycles. The fourth-order valence-electron chi connectivity index (χ4n) is 1.84. The van der Waals surface area contributed by atoms with Gasteiger partial charge in [0.25, 0.3) is 0 Å². The van der Waals surface area contributed by atoms with Gasteiger partial charge in [0.1, 0.15) is 0 Å². The summed E-state index contributed by atoms with van der Waals surface area (Å²) < 4.78 is 1.96. The molecule has 0 saturated carbocycles. The summed E-state index contributed by atoms with van der Waals surface area (Å²) in [5, 5.41) is 0. The second kappa shape index (κ2) is 4.49. The summed E-state index contributed by atoms with van der Waals surface area (Å²) in [6, 6.07) is 8.32. The number of nitrogens with two attached hydrogens (primary N) is 1. The summed E-state index contributed by atoms with van der Waals surface area (Å²) in [4.78, 5) is 4.09. The summed E-state index contributed by atoms with van der Waals surface area (Å²) in [6.07, 6.45) is 4.63. The van der Waals surface area contributed by atoms with E-state index in [9.17, 15) is 0 Å². The van der Waals surface area contributed by atoms with Gasteiger partial charge < -0.3 is 10.3 Å². The molecule has 0 amide bonds. The Kier molecular flexibility index (Phi) is 3.06. The molecule has 3 heteroatoms. The van der Waals surface area contributed by atoms with Crippen molar-refractivity contribution < 1.29 is 0 Å². The summed E-state index contributed by atoms with van der Waals surface area (Å²) in [5.74, 6) is 0. The highest BCUT2D eigenvalue weighted by Crippen LogP contribution is 2.19. The van der Waals surface area contributed by atoms with Gasteiger partial charge in [-0.15, -0.1) is 0 Å². The molecule has 0 saturated heterocycles. The maximum atomic E-state index is 6.22. The molecule has 1 unspecified atom stereocenters. The molecule has 0 aliphatic heterocycles. The summed E-state index contributed by atoms with van der Waals surface area (Å²) in [5.41, 5.74) is 9.72. The largest absolute Gasteiger partial charge is 0.336 e. The van der Waals surface area contributed by atoms with E-state index in [0.29, 0.717) is 0 Å². The Morgan fingerprint density at radius 1 is 1.44 bits per heavy atom. The molecule has 3 nitrogen and oxygen atoms in total. The van der Waals surface area contributed by atoms with Crippen LogP contribution in [-0.2, 0) is 13.5 Å². The zero-order valence-electron chi connectivity index (χ0n) is 9.72. The highest BCUT2D eigenvalue weighted by atomic mass is 15.0. The number of imidazole rings is 1. The number of benzene rings is 1. The van der Waals surface area contributed by atoms with Crippen LogP contribution in [0.5, 0.6) is 0 Å². The van der Waals surface area contributed by atoms with Crippen LogP contribution >= 0.6 is 0 Å². The van der Waals surface area contributed by atoms with Crippen molar-refractivity contribution in [2.45, 2.75) is 19.4 Å². The van der Waals surface area contributed by atoms with Crippen LogP contribution in [0.25, 0.3) is 0 Å². The molecule has 16 heavy (non-hydrogen) atoms. The van der Waals surface area contributed by atoms with Crippen molar-refractivity contribution in [3.05, 3.63) is 53.6 Å². The van der Waals surface area contributed by atoms with E-state index < -0.39 is 0 Å². The number of hydrogen-bond acceptors (Lipinski definition) is 2. The number of aromatic nitrogens is 2. The minimum Gasteiger partial charge on any atom is -0.336 e. The van der Waals surface area contributed by atoms with Crippen LogP contribution in [0.1, 0.15) is 29.8 Å². The third kappa shape index (κ3) is 1.99. The fraction of sp³-hybridized carbons (Fsp3) is 0.308. The van der Waals surface area contributed by atoms with Crippen LogP contribution in [-0.4, -0.2) is 9.55 Å². The van der Waals surface area contributed by atoms with Crippen molar-refractivity contribution in [1.82, 2.24) is 9.55 Å². The van der Waals surface area contributed by atoms with Crippen LogP contribution < -0.4 is 5.73 Å². The predicted octanol–water partition coefficient (Wildman–Crippen LogP) is 2.03. The van der Waals surface area contributed by atoms with E-state index in [1.807, 2.05) is 17.8 Å². The number of nitrogens with zero attached hydrogens (tertiary/aromatic N) is 2. The molecule has 2 rings (SSSR count). The van der Waals surface area contributed by atoms with Crippen LogP contribution in [0.2, 0.25) is 0 Å². The molecule has 1 atom stereocenters. The van der Waals surface area contributed by atoms with Crippen LogP contribution in [0.3, 0.4) is 0 Å². The van der Waals surface area contributed by atoms with Crippen molar-refractivity contribution in [3.63, 3.8) is 0 Å². The Bertz CT molecular complexity index is 474. The molecule has 0 radical (unpaired) electrons. The minimum absolute atomic E-state index is 0.0981. The Labute approximate surface area is 95.9 Å². The smallest absolute Gasteiger partial charge is 0.0946 e. The standard InChI is InChI=1S/C13H17N3/c1-3-10-5-4-6-11(7-10)13(14)12-8-15-9-16(12)2/h4-9,13H,3,14H2,1-2H3. The molecule has 2 aromatic rings. The van der Waals surface area contributed by atoms with Gasteiger partial charge in [0.05, 0.1) is 24.3 Å². The van der Waals surface area contributed by atoms with Crippen LogP contribution in [0.4, 0.5) is 0 Å². The molecule has 0 bridgehead atoms. The number of hydrogen-bond donors (Lipinski definition) is 1. The third-order valence-corrected chi connectivity index (χ3v) is 2.89. The van der Waals surface area contributed by atoms with Crippen molar-refractivity contribution in [3.8, 4) is 0 Å². The average molecular weight is 215 g/mol. The Morgan fingerprint density at radius 3 is 2.88 bits per heavy atom. The van der Waals surface area contributed by atoms with E-state index in [0.717, 1.165) is 17.7 Å². The minimum atomic E-state index is -0.0981. The lowest BCUT2D eigenvalue weighted by Gasteiger charge is -2.13. The normalized spacial score (nSPS) is 12.7. The van der Waals surface area contributed by atoms with Gasteiger partial charge in [0.2, 0.25) is 0 Å². The van der Waals surface area contributed by atoms with E-state index in [4.69, 9.17) is 5.73 Å². The maximum absolute atomic E-state index is 6.22. The SMILES string of the molecule is CCc1cccc(C(N)c2cncn2C)c1. The first-order valence-corrected chi connectivity index (χ1v) is 5.53. The first kappa shape index (κ1) is 10.9. The van der Waals surface area contributed by atoms with Crippen LogP contribution in [0, 0.1) is 0 Å². The molecular weight excluding hydrogens is 198 g/mol. The molecular formula is C13H17N3. The summed E-state index contributed by atoms with van der Waals surface area (Å²) in [6.45, 7) is 2.15. The Hall–Kier alpha value is -1.61. The lowest BCUT2D eigenvalue weighted by Crippen LogP contribution is -2.15. The van der Waals surface area contributed by atoms with Gasteiger partial charge in [-0.25, -0.2) is 4.98 Å². The molecule has 1 aromatic heterocycles. The lowest BCUT2D eigenvalue weighted by atomic mass is 10.0. The first-order valence-electron chi connectivity index (χ1n) is 5.53. The molecule has 0 fully saturated rings. The van der Waals surface area contributed by atoms with E-state index >= 15 is 0 Å². The number of aryl methyl sites for hydroxylation is 2. The second-order valence-electron chi connectivity index (χ2n) is 4.01. The topological polar surface area (TPSA) is 43.8 Å². The van der Waals surface area contributed by atoms with Crippen molar-refractivity contribution in [2.75, 3.05) is 0 Å². The molecule has 1 heterocycles. The predicted molar refractivity (Wildman–Crippen MR) is 65.1 cm³/mol. The van der Waals surface area contributed by atoms with Gasteiger partial charge in [-0.3, -0.25) is 0 Å². The van der Waals surface area contributed by atoms with E-state index in [-0.39, 0.29) is 6.04 Å². The van der Waals surface area contributed by atoms with Gasteiger partial charge in [0, 0.05) is 7.05 Å². The van der Waals surface area contributed by atoms with E-state index in [1.54, 1.807) is 6.33 Å². The van der Waals surface area contributed by atoms with Gasteiger partial charge in [-0.1, -0.05) is 31.2 Å². The van der Waals surface area contributed by atoms with E-state index in [1.165, 1.54) is 5.56 Å². The second-order valence-corrected chi connectivity index (χ2v) is 4.01. The van der Waals surface area contributed by atoms with Crippen LogP contribution in [0.15, 0.2) is 36.8 Å². The molecule has 0 aliphatic rings. The van der Waals surface area contributed by atoms with Gasteiger partial charge in [-0.05, 0) is 17.5 Å². The third-order valence-electron chi connectivity index (χ3n) is 2.89. The molecule has 2 N–H and O–H groups in total. The van der Waals surface area contributed by atoms with Gasteiger partial charge >= 0.3 is 0 Å². The maximum Gasteiger partial charge on any atom is 0.0946 e. The van der Waals surface area contributed by atoms with Crippen molar-refractivity contribution in [2.24, 2.45) is 12.8 Å². The quantitative estimate of drug-likeness (QED) is 0.851. The first-order chi connectivity index (χ1) is 7.72. The highest BCUT2D eigenvalue weighted by Gasteiger charge is 2.12. The van der Waals surface area contributed by atoms with E-state index in [2.05, 4.69) is 36.2 Å². The van der Waals surface area contributed by atoms with Gasteiger partial charge in [-0.2, -0.15) is 0 Å². The summed E-state index contributed by atoms with van der Waals surface area (Å²) >= 11 is 0. The average Bonchev–Trinajstić information content (AvgIpc) is 2.74. The zero-order valence-corrected chi connectivity index (χ0v) is 9.72. The Balaban J connectivity index is 2.33. The zero-order chi connectivity index (χ0) is 11.5. The van der Waals surface area contributed by atoms with Crippen molar-refractivity contribution in [1.29, 1.82) is 0 Å². The highest BCUT2D eigenvalue weighted by molar-refractivity contribution is 5.30. The lowest BCUT2D eigenvalue weighted by molar-refractivity contribution is 0.745. The number of rotatable bonds is 3. The van der Waals surface area contributed by atoms with Gasteiger partial charge in [0.15, 0.2) is 0 Å². The molecule has 84 valence electrons.